The minimum absolute atomic E-state index is 0.844. The molecule has 2 nitrogen and oxygen atoms in total. The monoisotopic (exact) mass is 566 g/mol. The van der Waals surface area contributed by atoms with E-state index in [1.54, 1.807) is 0 Å². The quantitative estimate of drug-likeness (QED) is 0.195. The van der Waals surface area contributed by atoms with Crippen LogP contribution >= 0.6 is 11.3 Å². The molecule has 0 aliphatic heterocycles. The Morgan fingerprint density at radius 3 is 1.77 bits per heavy atom. The molecule has 0 N–H and O–H groups in total. The van der Waals surface area contributed by atoms with Crippen LogP contribution in [0.2, 0.25) is 0 Å². The van der Waals surface area contributed by atoms with Gasteiger partial charge in [0.1, 0.15) is 16.7 Å². The van der Waals surface area contributed by atoms with E-state index in [2.05, 4.69) is 115 Å². The average Bonchev–Trinajstić information content (AvgIpc) is 3.76. The van der Waals surface area contributed by atoms with Crippen molar-refractivity contribution in [2.75, 3.05) is 0 Å². The van der Waals surface area contributed by atoms with Crippen molar-refractivity contribution in [3.05, 3.63) is 134 Å². The molecule has 0 saturated carbocycles. The molecule has 0 aliphatic rings. The molecule has 0 bridgehead atoms. The third-order valence-corrected chi connectivity index (χ3v) is 10.2. The van der Waals surface area contributed by atoms with Crippen LogP contribution in [0, 0.1) is 0 Å². The Bertz CT molecular complexity index is 2680. The number of furan rings is 2. The van der Waals surface area contributed by atoms with E-state index in [1.165, 1.54) is 58.4 Å². The van der Waals surface area contributed by atoms with E-state index >= 15 is 0 Å². The second-order valence-corrected chi connectivity index (χ2v) is 12.2. The molecule has 0 saturated heterocycles. The molecule has 0 unspecified atom stereocenters. The van der Waals surface area contributed by atoms with Gasteiger partial charge in [-0.1, -0.05) is 103 Å². The van der Waals surface area contributed by atoms with Crippen molar-refractivity contribution < 1.29 is 8.83 Å². The Labute approximate surface area is 250 Å². The molecule has 0 atom stereocenters. The highest BCUT2D eigenvalue weighted by atomic mass is 32.1. The molecular formula is C40H22O2S. The lowest BCUT2D eigenvalue weighted by Gasteiger charge is -2.17. The van der Waals surface area contributed by atoms with Crippen LogP contribution in [0.3, 0.4) is 0 Å². The van der Waals surface area contributed by atoms with Crippen molar-refractivity contribution in [3.8, 4) is 22.3 Å². The number of para-hydroxylation sites is 1. The molecule has 0 amide bonds. The number of hydrogen-bond donors (Lipinski definition) is 0. The van der Waals surface area contributed by atoms with Crippen molar-refractivity contribution in [3.63, 3.8) is 0 Å². The molecule has 0 spiro atoms. The van der Waals surface area contributed by atoms with Crippen molar-refractivity contribution in [2.24, 2.45) is 0 Å². The van der Waals surface area contributed by atoms with Gasteiger partial charge >= 0.3 is 0 Å². The van der Waals surface area contributed by atoms with Gasteiger partial charge in [0.15, 0.2) is 0 Å². The van der Waals surface area contributed by atoms with Gasteiger partial charge in [-0.2, -0.15) is 0 Å². The Kier molecular flexibility index (Phi) is 4.63. The highest BCUT2D eigenvalue weighted by Gasteiger charge is 2.22. The molecule has 43 heavy (non-hydrogen) atoms. The third-order valence-electron chi connectivity index (χ3n) is 8.96. The number of fused-ring (bicyclic) bond motifs is 10. The number of hydrogen-bond acceptors (Lipinski definition) is 3. The molecule has 10 rings (SSSR count). The lowest BCUT2D eigenvalue weighted by molar-refractivity contribution is 0.619. The van der Waals surface area contributed by atoms with Crippen molar-refractivity contribution >= 4 is 86.0 Å². The maximum absolute atomic E-state index is 6.43. The smallest absolute Gasteiger partial charge is 0.146 e. The zero-order valence-electron chi connectivity index (χ0n) is 22.9. The first-order valence-electron chi connectivity index (χ1n) is 14.5. The molecule has 200 valence electrons. The van der Waals surface area contributed by atoms with Crippen LogP contribution in [0.4, 0.5) is 0 Å². The first-order chi connectivity index (χ1) is 21.3. The van der Waals surface area contributed by atoms with Gasteiger partial charge < -0.3 is 8.83 Å². The van der Waals surface area contributed by atoms with Gasteiger partial charge in [0.2, 0.25) is 0 Å². The summed E-state index contributed by atoms with van der Waals surface area (Å²) in [5, 5.41) is 10.7. The summed E-state index contributed by atoms with van der Waals surface area (Å²) < 4.78 is 15.3. The van der Waals surface area contributed by atoms with Gasteiger partial charge in [-0.15, -0.1) is 11.3 Å². The molecule has 0 radical (unpaired) electrons. The largest absolute Gasteiger partial charge is 0.463 e. The normalized spacial score (nSPS) is 12.2. The van der Waals surface area contributed by atoms with Gasteiger partial charge in [0.25, 0.3) is 0 Å². The molecule has 3 aromatic heterocycles. The third kappa shape index (κ3) is 3.12. The zero-order chi connectivity index (χ0) is 28.1. The van der Waals surface area contributed by atoms with Crippen molar-refractivity contribution in [1.82, 2.24) is 0 Å². The fourth-order valence-electron chi connectivity index (χ4n) is 7.15. The van der Waals surface area contributed by atoms with Gasteiger partial charge in [0.05, 0.1) is 11.6 Å². The summed E-state index contributed by atoms with van der Waals surface area (Å²) >= 11 is 1.88. The Morgan fingerprint density at radius 2 is 1.02 bits per heavy atom. The predicted octanol–water partition coefficient (Wildman–Crippen LogP) is 12.3. The number of rotatable bonds is 2. The summed E-state index contributed by atoms with van der Waals surface area (Å²) in [5.41, 5.74) is 7.44. The highest BCUT2D eigenvalue weighted by Crippen LogP contribution is 2.49. The zero-order valence-corrected chi connectivity index (χ0v) is 23.7. The van der Waals surface area contributed by atoms with Crippen LogP contribution in [0.1, 0.15) is 0 Å². The maximum atomic E-state index is 6.43. The van der Waals surface area contributed by atoms with Crippen LogP contribution in [-0.2, 0) is 0 Å². The maximum Gasteiger partial charge on any atom is 0.146 e. The van der Waals surface area contributed by atoms with E-state index in [0.717, 1.165) is 38.5 Å². The Morgan fingerprint density at radius 1 is 0.419 bits per heavy atom. The van der Waals surface area contributed by atoms with Crippen LogP contribution in [0.15, 0.2) is 142 Å². The molecule has 0 fully saturated rings. The van der Waals surface area contributed by atoms with Crippen molar-refractivity contribution in [1.29, 1.82) is 0 Å². The van der Waals surface area contributed by atoms with E-state index < -0.39 is 0 Å². The summed E-state index contributed by atoms with van der Waals surface area (Å²) in [5.74, 6) is 0. The van der Waals surface area contributed by atoms with Crippen molar-refractivity contribution in [2.45, 2.75) is 0 Å². The Balaban J connectivity index is 1.34. The summed E-state index contributed by atoms with van der Waals surface area (Å²) in [6.45, 7) is 0. The first kappa shape index (κ1) is 23.2. The molecular weight excluding hydrogens is 545 g/mol. The molecule has 10 aromatic rings. The summed E-state index contributed by atoms with van der Waals surface area (Å²) in [4.78, 5) is 0. The highest BCUT2D eigenvalue weighted by molar-refractivity contribution is 7.26. The Hall–Kier alpha value is -5.38. The molecule has 3 heteroatoms. The van der Waals surface area contributed by atoms with Gasteiger partial charge in [0, 0.05) is 47.6 Å². The average molecular weight is 567 g/mol. The van der Waals surface area contributed by atoms with Gasteiger partial charge in [-0.25, -0.2) is 0 Å². The fraction of sp³-hybridized carbons (Fsp3) is 0. The topological polar surface area (TPSA) is 26.3 Å². The van der Waals surface area contributed by atoms with Gasteiger partial charge in [-0.3, -0.25) is 0 Å². The fourth-order valence-corrected chi connectivity index (χ4v) is 8.37. The summed E-state index contributed by atoms with van der Waals surface area (Å²) in [6, 6.07) is 45.6. The molecule has 0 aliphatic carbocycles. The van der Waals surface area contributed by atoms with Crippen LogP contribution < -0.4 is 0 Å². The lowest BCUT2D eigenvalue weighted by Crippen LogP contribution is -1.90. The van der Waals surface area contributed by atoms with Crippen LogP contribution in [-0.4, -0.2) is 0 Å². The SMILES string of the molecule is c1ccc2c(c1)oc1ccc3c(-c4c5ccccc5c(-c5cccc6c5sc5ccccc56)c5ccccc45)coc3c12. The minimum Gasteiger partial charge on any atom is -0.463 e. The van der Waals surface area contributed by atoms with E-state index in [4.69, 9.17) is 8.83 Å². The summed E-state index contributed by atoms with van der Waals surface area (Å²) in [6.07, 6.45) is 1.94. The van der Waals surface area contributed by atoms with E-state index in [-0.39, 0.29) is 0 Å². The second-order valence-electron chi connectivity index (χ2n) is 11.2. The summed E-state index contributed by atoms with van der Waals surface area (Å²) in [7, 11) is 0. The standard InChI is InChI=1S/C40H22O2S/c1-3-13-26-24(11-1)36(31-17-9-16-29-23-10-6-8-19-35(23)43-40(29)31)25-12-2-4-14-27(25)37(26)32-22-41-39-28(32)20-21-34-38(39)30-15-5-7-18-33(30)42-34/h1-22H. The first-order valence-corrected chi connectivity index (χ1v) is 15.3. The van der Waals surface area contributed by atoms with Crippen LogP contribution in [0.5, 0.6) is 0 Å². The van der Waals surface area contributed by atoms with Crippen LogP contribution in [0.25, 0.3) is 96.9 Å². The predicted molar refractivity (Wildman–Crippen MR) is 182 cm³/mol. The van der Waals surface area contributed by atoms with E-state index in [1.807, 2.05) is 29.7 Å². The minimum atomic E-state index is 0.844. The molecule has 3 heterocycles. The number of benzene rings is 7. The lowest BCUT2D eigenvalue weighted by atomic mass is 9.85. The second kappa shape index (κ2) is 8.57. The van der Waals surface area contributed by atoms with Gasteiger partial charge in [-0.05, 0) is 51.4 Å². The molecule has 7 aromatic carbocycles. The number of thiophene rings is 1. The van der Waals surface area contributed by atoms with E-state index in [9.17, 15) is 0 Å². The van der Waals surface area contributed by atoms with E-state index in [0.29, 0.717) is 0 Å².